The van der Waals surface area contributed by atoms with Gasteiger partial charge in [-0.1, -0.05) is 26.2 Å². The Morgan fingerprint density at radius 3 is 2.42 bits per heavy atom. The fourth-order valence-electron chi connectivity index (χ4n) is 2.67. The Morgan fingerprint density at radius 1 is 1.17 bits per heavy atom. The Labute approximate surface area is 75.9 Å². The van der Waals surface area contributed by atoms with Crippen molar-refractivity contribution >= 4 is 0 Å². The zero-order valence-electron chi connectivity index (χ0n) is 8.18. The molecule has 0 aromatic heterocycles. The summed E-state index contributed by atoms with van der Waals surface area (Å²) in [5, 5.41) is 3.48. The highest BCUT2D eigenvalue weighted by Gasteiger charge is 2.38. The second kappa shape index (κ2) is 3.78. The van der Waals surface area contributed by atoms with Crippen molar-refractivity contribution in [2.45, 2.75) is 39.0 Å². The van der Waals surface area contributed by atoms with Crippen LogP contribution in [0.3, 0.4) is 0 Å². The molecule has 12 heavy (non-hydrogen) atoms. The van der Waals surface area contributed by atoms with E-state index in [4.69, 9.17) is 0 Å². The van der Waals surface area contributed by atoms with Gasteiger partial charge in [0.25, 0.3) is 0 Å². The molecule has 0 heterocycles. The van der Waals surface area contributed by atoms with Crippen LogP contribution in [0.1, 0.15) is 39.0 Å². The van der Waals surface area contributed by atoms with Gasteiger partial charge in [-0.15, -0.1) is 0 Å². The van der Waals surface area contributed by atoms with Crippen LogP contribution in [-0.4, -0.2) is 13.1 Å². The van der Waals surface area contributed by atoms with Crippen LogP contribution in [0.15, 0.2) is 0 Å². The molecule has 0 amide bonds. The SMILES string of the molecule is CCNCC1CCC1C1CCC1. The summed E-state index contributed by atoms with van der Waals surface area (Å²) in [5.41, 5.74) is 0. The van der Waals surface area contributed by atoms with Gasteiger partial charge in [-0.2, -0.15) is 0 Å². The van der Waals surface area contributed by atoms with Crippen LogP contribution in [0, 0.1) is 17.8 Å². The summed E-state index contributed by atoms with van der Waals surface area (Å²) in [4.78, 5) is 0. The Hall–Kier alpha value is -0.0400. The van der Waals surface area contributed by atoms with Crippen molar-refractivity contribution in [1.82, 2.24) is 5.32 Å². The predicted molar refractivity (Wildman–Crippen MR) is 52.1 cm³/mol. The molecule has 0 aliphatic heterocycles. The van der Waals surface area contributed by atoms with Crippen LogP contribution in [0.2, 0.25) is 0 Å². The molecule has 0 aromatic carbocycles. The molecule has 1 N–H and O–H groups in total. The molecule has 2 atom stereocenters. The lowest BCUT2D eigenvalue weighted by Gasteiger charge is -2.46. The average molecular weight is 167 g/mol. The van der Waals surface area contributed by atoms with Gasteiger partial charge in [0.15, 0.2) is 0 Å². The van der Waals surface area contributed by atoms with Crippen LogP contribution >= 0.6 is 0 Å². The Bertz CT molecular complexity index is 140. The third-order valence-electron chi connectivity index (χ3n) is 3.89. The van der Waals surface area contributed by atoms with Gasteiger partial charge < -0.3 is 5.32 Å². The van der Waals surface area contributed by atoms with E-state index in [0.717, 1.165) is 24.3 Å². The first-order valence-corrected chi connectivity index (χ1v) is 5.62. The molecule has 0 radical (unpaired) electrons. The van der Waals surface area contributed by atoms with Crippen LogP contribution in [-0.2, 0) is 0 Å². The predicted octanol–water partition coefficient (Wildman–Crippen LogP) is 2.42. The minimum atomic E-state index is 1.04. The van der Waals surface area contributed by atoms with E-state index in [1.54, 1.807) is 0 Å². The van der Waals surface area contributed by atoms with E-state index < -0.39 is 0 Å². The van der Waals surface area contributed by atoms with E-state index in [9.17, 15) is 0 Å². The molecule has 70 valence electrons. The maximum absolute atomic E-state index is 3.48. The molecule has 0 saturated heterocycles. The molecule has 2 saturated carbocycles. The summed E-state index contributed by atoms with van der Waals surface area (Å²) >= 11 is 0. The minimum absolute atomic E-state index is 1.04. The average Bonchev–Trinajstić information content (AvgIpc) is 1.95. The molecule has 0 spiro atoms. The van der Waals surface area contributed by atoms with Crippen LogP contribution in [0.5, 0.6) is 0 Å². The lowest BCUT2D eigenvalue weighted by molar-refractivity contribution is 0.0562. The van der Waals surface area contributed by atoms with Gasteiger partial charge in [0.05, 0.1) is 0 Å². The van der Waals surface area contributed by atoms with Crippen molar-refractivity contribution < 1.29 is 0 Å². The van der Waals surface area contributed by atoms with Gasteiger partial charge in [-0.05, 0) is 43.7 Å². The normalized spacial score (nSPS) is 35.8. The number of hydrogen-bond donors (Lipinski definition) is 1. The number of nitrogens with one attached hydrogen (secondary N) is 1. The molecule has 2 aliphatic carbocycles. The molecule has 2 aliphatic rings. The maximum atomic E-state index is 3.48. The molecule has 2 fully saturated rings. The van der Waals surface area contributed by atoms with E-state index >= 15 is 0 Å². The van der Waals surface area contributed by atoms with Gasteiger partial charge in [-0.25, -0.2) is 0 Å². The molecular formula is C11H21N. The maximum Gasteiger partial charge on any atom is -0.00179 e. The second-order valence-electron chi connectivity index (χ2n) is 4.50. The zero-order chi connectivity index (χ0) is 8.39. The van der Waals surface area contributed by atoms with Gasteiger partial charge in [0, 0.05) is 0 Å². The molecule has 2 rings (SSSR count). The number of rotatable bonds is 4. The fourth-order valence-corrected chi connectivity index (χ4v) is 2.67. The highest BCUT2D eigenvalue weighted by atomic mass is 14.9. The quantitative estimate of drug-likeness (QED) is 0.678. The van der Waals surface area contributed by atoms with Gasteiger partial charge in [0.1, 0.15) is 0 Å². The van der Waals surface area contributed by atoms with Crippen molar-refractivity contribution in [3.63, 3.8) is 0 Å². The summed E-state index contributed by atoms with van der Waals surface area (Å²) in [7, 11) is 0. The van der Waals surface area contributed by atoms with Crippen LogP contribution < -0.4 is 5.32 Å². The van der Waals surface area contributed by atoms with Crippen molar-refractivity contribution in [3.8, 4) is 0 Å². The highest BCUT2D eigenvalue weighted by molar-refractivity contribution is 4.90. The van der Waals surface area contributed by atoms with Gasteiger partial charge in [0.2, 0.25) is 0 Å². The zero-order valence-corrected chi connectivity index (χ0v) is 8.18. The van der Waals surface area contributed by atoms with Crippen LogP contribution in [0.4, 0.5) is 0 Å². The van der Waals surface area contributed by atoms with E-state index in [1.165, 1.54) is 38.6 Å². The van der Waals surface area contributed by atoms with Crippen LogP contribution in [0.25, 0.3) is 0 Å². The third-order valence-corrected chi connectivity index (χ3v) is 3.89. The summed E-state index contributed by atoms with van der Waals surface area (Å²) in [6, 6.07) is 0. The molecular weight excluding hydrogens is 146 g/mol. The van der Waals surface area contributed by atoms with Gasteiger partial charge in [-0.3, -0.25) is 0 Å². The first kappa shape index (κ1) is 8.55. The minimum Gasteiger partial charge on any atom is -0.317 e. The summed E-state index contributed by atoms with van der Waals surface area (Å²) in [5.74, 6) is 3.27. The third kappa shape index (κ3) is 1.52. The van der Waals surface area contributed by atoms with Gasteiger partial charge >= 0.3 is 0 Å². The molecule has 0 bridgehead atoms. The standard InChI is InChI=1S/C11H21N/c1-2-12-8-10-6-7-11(10)9-4-3-5-9/h9-12H,2-8H2,1H3. The highest BCUT2D eigenvalue weighted by Crippen LogP contribution is 2.47. The van der Waals surface area contributed by atoms with Crippen molar-refractivity contribution in [2.24, 2.45) is 17.8 Å². The monoisotopic (exact) mass is 167 g/mol. The fraction of sp³-hybridized carbons (Fsp3) is 1.00. The van der Waals surface area contributed by atoms with Crippen molar-refractivity contribution in [3.05, 3.63) is 0 Å². The van der Waals surface area contributed by atoms with E-state index in [-0.39, 0.29) is 0 Å². The molecule has 1 heteroatoms. The Kier molecular flexibility index (Phi) is 2.69. The summed E-state index contributed by atoms with van der Waals surface area (Å²) in [6.45, 7) is 4.64. The summed E-state index contributed by atoms with van der Waals surface area (Å²) in [6.07, 6.45) is 7.60. The smallest absolute Gasteiger partial charge is 0.00179 e. The lowest BCUT2D eigenvalue weighted by atomic mass is 9.61. The first-order valence-electron chi connectivity index (χ1n) is 5.62. The first-order chi connectivity index (χ1) is 5.92. The largest absolute Gasteiger partial charge is 0.317 e. The van der Waals surface area contributed by atoms with Crippen molar-refractivity contribution in [1.29, 1.82) is 0 Å². The van der Waals surface area contributed by atoms with Crippen molar-refractivity contribution in [2.75, 3.05) is 13.1 Å². The van der Waals surface area contributed by atoms with E-state index in [1.807, 2.05) is 0 Å². The molecule has 1 nitrogen and oxygen atoms in total. The lowest BCUT2D eigenvalue weighted by Crippen LogP contribution is -2.41. The summed E-state index contributed by atoms with van der Waals surface area (Å²) < 4.78 is 0. The Morgan fingerprint density at radius 2 is 2.00 bits per heavy atom. The number of hydrogen-bond acceptors (Lipinski definition) is 1. The van der Waals surface area contributed by atoms with E-state index in [0.29, 0.717) is 0 Å². The topological polar surface area (TPSA) is 12.0 Å². The second-order valence-corrected chi connectivity index (χ2v) is 4.50. The molecule has 0 aromatic rings. The Balaban J connectivity index is 1.69. The molecule has 2 unspecified atom stereocenters. The van der Waals surface area contributed by atoms with E-state index in [2.05, 4.69) is 12.2 Å².